The number of carbonyl (C=O) groups excluding carboxylic acids is 1. The van der Waals surface area contributed by atoms with E-state index >= 15 is 0 Å². The maximum atomic E-state index is 12.2. The zero-order valence-corrected chi connectivity index (χ0v) is 14.1. The van der Waals surface area contributed by atoms with Crippen molar-refractivity contribution < 1.29 is 18.6 Å². The molecule has 0 aliphatic heterocycles. The minimum Gasteiger partial charge on any atom is -0.443 e. The van der Waals surface area contributed by atoms with Crippen molar-refractivity contribution >= 4 is 13.3 Å². The molecule has 2 unspecified atom stereocenters. The predicted molar refractivity (Wildman–Crippen MR) is 85.1 cm³/mol. The van der Waals surface area contributed by atoms with E-state index in [1.165, 1.54) is 0 Å². The lowest BCUT2D eigenvalue weighted by atomic mass is 10.2. The Morgan fingerprint density at radius 2 is 1.95 bits per heavy atom. The van der Waals surface area contributed by atoms with Crippen LogP contribution in [0.4, 0.5) is 0 Å². The smallest absolute Gasteiger partial charge is 0.339 e. The molecule has 120 valence electrons. The van der Waals surface area contributed by atoms with Gasteiger partial charge in [-0.2, -0.15) is 5.26 Å². The van der Waals surface area contributed by atoms with Crippen LogP contribution in [-0.2, 0) is 13.8 Å². The van der Waals surface area contributed by atoms with Crippen LogP contribution in [0.15, 0.2) is 30.3 Å². The first-order valence-electron chi connectivity index (χ1n) is 7.21. The highest BCUT2D eigenvalue weighted by molar-refractivity contribution is 7.58. The molecule has 0 aromatic heterocycles. The topological polar surface area (TPSA) is 76.4 Å². The number of nitrogens with zero attached hydrogens (tertiary/aromatic N) is 1. The maximum absolute atomic E-state index is 12.2. The average Bonchev–Trinajstić information content (AvgIpc) is 2.50. The van der Waals surface area contributed by atoms with Crippen molar-refractivity contribution in [1.82, 2.24) is 0 Å². The Hall–Kier alpha value is -1.63. The highest BCUT2D eigenvalue weighted by Gasteiger charge is 2.22. The molecule has 0 aliphatic carbocycles. The minimum absolute atomic E-state index is 0.195. The zero-order chi connectivity index (χ0) is 16.6. The SMILES string of the molecule is CC(C)COP(C)(=O)CCC(C#N)OC(=O)c1ccccc1. The Balaban J connectivity index is 2.51. The van der Waals surface area contributed by atoms with E-state index in [4.69, 9.17) is 14.5 Å². The van der Waals surface area contributed by atoms with Gasteiger partial charge in [0.2, 0.25) is 0 Å². The van der Waals surface area contributed by atoms with E-state index in [1.54, 1.807) is 37.0 Å². The molecule has 1 rings (SSSR count). The van der Waals surface area contributed by atoms with Gasteiger partial charge in [0, 0.05) is 19.2 Å². The standard InChI is InChI=1S/C16H22NO4P/c1-13(2)12-20-22(3,19)10-9-15(11-17)21-16(18)14-7-5-4-6-8-14/h4-8,13,15H,9-10,12H2,1-3H3. The third-order valence-electron chi connectivity index (χ3n) is 2.88. The molecule has 6 heteroatoms. The lowest BCUT2D eigenvalue weighted by molar-refractivity contribution is 0.0401. The van der Waals surface area contributed by atoms with Crippen LogP contribution in [0.25, 0.3) is 0 Å². The highest BCUT2D eigenvalue weighted by Crippen LogP contribution is 2.43. The molecule has 0 radical (unpaired) electrons. The molecule has 1 aromatic carbocycles. The second-order valence-corrected chi connectivity index (χ2v) is 8.34. The number of nitriles is 1. The summed E-state index contributed by atoms with van der Waals surface area (Å²) in [4.78, 5) is 11.9. The first-order valence-corrected chi connectivity index (χ1v) is 9.46. The molecule has 0 amide bonds. The molecule has 1 aromatic rings. The van der Waals surface area contributed by atoms with Crippen molar-refractivity contribution in [3.63, 3.8) is 0 Å². The molecule has 0 heterocycles. The van der Waals surface area contributed by atoms with Crippen LogP contribution >= 0.6 is 7.37 Å². The van der Waals surface area contributed by atoms with Gasteiger partial charge in [0.25, 0.3) is 0 Å². The third-order valence-corrected chi connectivity index (χ3v) is 4.65. The van der Waals surface area contributed by atoms with Crippen LogP contribution in [0.2, 0.25) is 0 Å². The maximum Gasteiger partial charge on any atom is 0.339 e. The van der Waals surface area contributed by atoms with Gasteiger partial charge in [-0.3, -0.25) is 4.57 Å². The summed E-state index contributed by atoms with van der Waals surface area (Å²) in [7, 11) is -2.77. The summed E-state index contributed by atoms with van der Waals surface area (Å²) in [5, 5.41) is 9.08. The first-order chi connectivity index (χ1) is 10.3. The van der Waals surface area contributed by atoms with Crippen molar-refractivity contribution in [2.75, 3.05) is 19.4 Å². The first kappa shape index (κ1) is 18.4. The van der Waals surface area contributed by atoms with Gasteiger partial charge in [-0.05, 0) is 18.1 Å². The number of esters is 1. The highest BCUT2D eigenvalue weighted by atomic mass is 31.2. The van der Waals surface area contributed by atoms with Gasteiger partial charge in [0.15, 0.2) is 13.5 Å². The van der Waals surface area contributed by atoms with E-state index in [9.17, 15) is 9.36 Å². The van der Waals surface area contributed by atoms with Crippen LogP contribution in [0.5, 0.6) is 0 Å². The fourth-order valence-electron chi connectivity index (χ4n) is 1.64. The molecule has 0 spiro atoms. The van der Waals surface area contributed by atoms with E-state index < -0.39 is 19.4 Å². The van der Waals surface area contributed by atoms with Crippen molar-refractivity contribution in [2.45, 2.75) is 26.4 Å². The molecule has 0 fully saturated rings. The molecular weight excluding hydrogens is 301 g/mol. The molecule has 5 nitrogen and oxygen atoms in total. The number of hydrogen-bond donors (Lipinski definition) is 0. The van der Waals surface area contributed by atoms with Gasteiger partial charge in [0.1, 0.15) is 6.07 Å². The van der Waals surface area contributed by atoms with Crippen LogP contribution < -0.4 is 0 Å². The second kappa shape index (κ2) is 8.73. The Morgan fingerprint density at radius 3 is 2.50 bits per heavy atom. The van der Waals surface area contributed by atoms with Crippen LogP contribution in [0.1, 0.15) is 30.6 Å². The van der Waals surface area contributed by atoms with Crippen LogP contribution in [0.3, 0.4) is 0 Å². The predicted octanol–water partition coefficient (Wildman–Crippen LogP) is 3.71. The third kappa shape index (κ3) is 6.89. The lowest BCUT2D eigenvalue weighted by Crippen LogP contribution is -2.18. The Morgan fingerprint density at radius 1 is 1.32 bits per heavy atom. The summed E-state index contributed by atoms with van der Waals surface area (Å²) in [5.74, 6) is -0.267. The van der Waals surface area contributed by atoms with E-state index in [0.29, 0.717) is 12.2 Å². The normalized spacial score (nSPS) is 14.9. The molecule has 2 atom stereocenters. The second-order valence-electron chi connectivity index (χ2n) is 5.61. The molecule has 0 N–H and O–H groups in total. The van der Waals surface area contributed by atoms with Gasteiger partial charge in [-0.15, -0.1) is 0 Å². The summed E-state index contributed by atoms with van der Waals surface area (Å²) in [6.07, 6.45) is -0.523. The summed E-state index contributed by atoms with van der Waals surface area (Å²) in [6, 6.07) is 10.4. The average molecular weight is 323 g/mol. The fourth-order valence-corrected chi connectivity index (χ4v) is 3.09. The van der Waals surface area contributed by atoms with Crippen molar-refractivity contribution in [3.8, 4) is 6.07 Å². The van der Waals surface area contributed by atoms with Crippen molar-refractivity contribution in [3.05, 3.63) is 35.9 Å². The quantitative estimate of drug-likeness (QED) is 0.538. The van der Waals surface area contributed by atoms with Crippen LogP contribution in [-0.4, -0.2) is 31.5 Å². The molecule has 0 bridgehead atoms. The van der Waals surface area contributed by atoms with Crippen molar-refractivity contribution in [1.29, 1.82) is 5.26 Å². The molecule has 22 heavy (non-hydrogen) atoms. The Kier molecular flexibility index (Phi) is 7.31. The van der Waals surface area contributed by atoms with E-state index in [-0.39, 0.29) is 18.5 Å². The minimum atomic E-state index is -2.77. The number of rotatable bonds is 8. The summed E-state index contributed by atoms with van der Waals surface area (Å²) in [5.41, 5.74) is 0.387. The lowest BCUT2D eigenvalue weighted by Gasteiger charge is -2.17. The number of benzene rings is 1. The zero-order valence-electron chi connectivity index (χ0n) is 13.2. The van der Waals surface area contributed by atoms with Crippen LogP contribution in [0, 0.1) is 17.2 Å². The van der Waals surface area contributed by atoms with Crippen molar-refractivity contribution in [2.24, 2.45) is 5.92 Å². The monoisotopic (exact) mass is 323 g/mol. The van der Waals surface area contributed by atoms with Gasteiger partial charge in [-0.25, -0.2) is 4.79 Å². The molecular formula is C16H22NO4P. The largest absolute Gasteiger partial charge is 0.443 e. The summed E-state index contributed by atoms with van der Waals surface area (Å²) >= 11 is 0. The van der Waals surface area contributed by atoms with E-state index in [2.05, 4.69) is 0 Å². The molecule has 0 aliphatic rings. The van der Waals surface area contributed by atoms with E-state index in [1.807, 2.05) is 19.9 Å². The molecule has 0 saturated heterocycles. The Bertz CT molecular complexity index is 565. The number of carbonyl (C=O) groups is 1. The van der Waals surface area contributed by atoms with Gasteiger partial charge < -0.3 is 9.26 Å². The summed E-state index contributed by atoms with van der Waals surface area (Å²) < 4.78 is 22.7. The molecule has 0 saturated carbocycles. The Labute approximate surface area is 131 Å². The fraction of sp³-hybridized carbons (Fsp3) is 0.500. The number of ether oxygens (including phenoxy) is 1. The van der Waals surface area contributed by atoms with E-state index in [0.717, 1.165) is 0 Å². The van der Waals surface area contributed by atoms with Gasteiger partial charge in [-0.1, -0.05) is 32.0 Å². The number of hydrogen-bond acceptors (Lipinski definition) is 5. The summed E-state index contributed by atoms with van der Waals surface area (Å²) in [6.45, 7) is 5.90. The van der Waals surface area contributed by atoms with Gasteiger partial charge in [0.05, 0.1) is 12.2 Å². The van der Waals surface area contributed by atoms with Gasteiger partial charge >= 0.3 is 5.97 Å².